The number of nitrogens with zero attached hydrogens (tertiary/aromatic N) is 2. The van der Waals surface area contributed by atoms with Crippen LogP contribution < -0.4 is 16.9 Å². The van der Waals surface area contributed by atoms with Crippen LogP contribution in [0.25, 0.3) is 0 Å². The Kier molecular flexibility index (Phi) is 6.32. The first kappa shape index (κ1) is 19.6. The minimum absolute atomic E-state index is 0.0947. The van der Waals surface area contributed by atoms with E-state index in [9.17, 15) is 14.7 Å². The zero-order valence-corrected chi connectivity index (χ0v) is 14.9. The molecule has 8 nitrogen and oxygen atoms in total. The number of thiol groups is 1. The predicted molar refractivity (Wildman–Crippen MR) is 90.7 cm³/mol. The van der Waals surface area contributed by atoms with Crippen molar-refractivity contribution in [2.75, 3.05) is 13.6 Å². The molecule has 0 saturated carbocycles. The van der Waals surface area contributed by atoms with Crippen molar-refractivity contribution < 1.29 is 14.7 Å². The maximum Gasteiger partial charge on any atom is 0.248 e. The molecule has 23 heavy (non-hydrogen) atoms. The molecular formula is C14H27N5O3S. The fourth-order valence-corrected chi connectivity index (χ4v) is 2.94. The van der Waals surface area contributed by atoms with E-state index >= 15 is 0 Å². The Morgan fingerprint density at radius 2 is 2.04 bits per heavy atom. The van der Waals surface area contributed by atoms with Crippen LogP contribution >= 0.6 is 12.6 Å². The van der Waals surface area contributed by atoms with Crippen LogP contribution in [0, 0.1) is 5.41 Å². The number of likely N-dealkylation sites (N-methyl/N-ethyl adjacent to an activating group) is 1. The van der Waals surface area contributed by atoms with E-state index in [4.69, 9.17) is 11.6 Å². The van der Waals surface area contributed by atoms with Crippen molar-refractivity contribution >= 4 is 24.4 Å². The second kappa shape index (κ2) is 7.41. The molecule has 1 aliphatic heterocycles. The lowest BCUT2D eigenvalue weighted by atomic mass is 9.85. The van der Waals surface area contributed by atoms with Gasteiger partial charge in [0.1, 0.15) is 12.1 Å². The molecule has 0 aromatic rings. The Hall–Kier alpha value is -1.45. The summed E-state index contributed by atoms with van der Waals surface area (Å²) in [7, 11) is 1.50. The molecule has 3 unspecified atom stereocenters. The Morgan fingerprint density at radius 1 is 1.48 bits per heavy atom. The van der Waals surface area contributed by atoms with Gasteiger partial charge in [-0.15, -0.1) is 12.6 Å². The van der Waals surface area contributed by atoms with Crippen LogP contribution in [0.15, 0.2) is 11.2 Å². The van der Waals surface area contributed by atoms with Crippen molar-refractivity contribution in [3.05, 3.63) is 11.2 Å². The van der Waals surface area contributed by atoms with Crippen LogP contribution in [0.1, 0.15) is 27.2 Å². The van der Waals surface area contributed by atoms with Crippen LogP contribution in [0.2, 0.25) is 0 Å². The molecule has 3 atom stereocenters. The van der Waals surface area contributed by atoms with Crippen molar-refractivity contribution in [1.82, 2.24) is 15.2 Å². The van der Waals surface area contributed by atoms with E-state index in [2.05, 4.69) is 17.9 Å². The molecule has 1 saturated heterocycles. The van der Waals surface area contributed by atoms with Gasteiger partial charge in [-0.2, -0.15) is 0 Å². The minimum atomic E-state index is -0.759. The monoisotopic (exact) mass is 345 g/mol. The molecule has 1 fully saturated rings. The average Bonchev–Trinajstić information content (AvgIpc) is 2.77. The number of hydrazine groups is 1. The zero-order valence-electron chi connectivity index (χ0n) is 14.0. The van der Waals surface area contributed by atoms with Crippen molar-refractivity contribution in [2.24, 2.45) is 17.0 Å². The first-order chi connectivity index (χ1) is 10.5. The minimum Gasteiger partial charge on any atom is -0.392 e. The Labute approximate surface area is 142 Å². The van der Waals surface area contributed by atoms with Gasteiger partial charge in [-0.25, -0.2) is 5.84 Å². The number of amides is 2. The van der Waals surface area contributed by atoms with Gasteiger partial charge in [0.25, 0.3) is 0 Å². The summed E-state index contributed by atoms with van der Waals surface area (Å²) in [5, 5.41) is 13.8. The van der Waals surface area contributed by atoms with Crippen LogP contribution in [-0.4, -0.2) is 58.6 Å². The van der Waals surface area contributed by atoms with Gasteiger partial charge < -0.3 is 26.1 Å². The third kappa shape index (κ3) is 4.76. The summed E-state index contributed by atoms with van der Waals surface area (Å²) in [5.41, 5.74) is 5.00. The number of aliphatic hydroxyl groups is 1. The molecule has 1 aliphatic rings. The highest BCUT2D eigenvalue weighted by atomic mass is 32.1. The van der Waals surface area contributed by atoms with E-state index in [0.717, 1.165) is 0 Å². The van der Waals surface area contributed by atoms with Gasteiger partial charge >= 0.3 is 0 Å². The second-order valence-corrected chi connectivity index (χ2v) is 7.30. The van der Waals surface area contributed by atoms with E-state index in [0.29, 0.717) is 0 Å². The fraction of sp³-hybridized carbons (Fsp3) is 0.714. The third-order valence-corrected chi connectivity index (χ3v) is 3.86. The first-order valence-corrected chi connectivity index (χ1v) is 7.83. The smallest absolute Gasteiger partial charge is 0.248 e. The van der Waals surface area contributed by atoms with Crippen LogP contribution in [-0.2, 0) is 9.59 Å². The summed E-state index contributed by atoms with van der Waals surface area (Å²) in [6.07, 6.45) is 0.828. The van der Waals surface area contributed by atoms with Crippen molar-refractivity contribution in [3.8, 4) is 0 Å². The number of β-amino-alcohol motifs (C(OH)–C–C–N with tert-alkyl or cyclic N) is 1. The topological polar surface area (TPSA) is 125 Å². The van der Waals surface area contributed by atoms with E-state index in [1.165, 1.54) is 23.2 Å². The number of nitrogens with one attached hydrogen (secondary N) is 1. The third-order valence-electron chi connectivity index (χ3n) is 3.74. The van der Waals surface area contributed by atoms with Crippen molar-refractivity contribution in [1.29, 1.82) is 0 Å². The largest absolute Gasteiger partial charge is 0.392 e. The number of carbonyl (C=O) groups excluding carboxylic acids is 2. The molecule has 9 heteroatoms. The molecule has 0 spiro atoms. The van der Waals surface area contributed by atoms with Gasteiger partial charge in [-0.1, -0.05) is 20.8 Å². The number of hydrogen-bond acceptors (Lipinski definition) is 7. The molecule has 0 aromatic carbocycles. The molecule has 1 heterocycles. The standard InChI is InChI=1S/C14H27N5O3S/c1-14(2,3)11(19(16)7-10(15)23)13(22)18-6-8(20)5-9(18)12(21)17-4/h7-9,11,20,23H,5-6,15-16H2,1-4H3,(H,17,21)/b10-7+. The van der Waals surface area contributed by atoms with E-state index in [1.807, 2.05) is 20.8 Å². The maximum atomic E-state index is 13.0. The molecular weight excluding hydrogens is 318 g/mol. The van der Waals surface area contributed by atoms with Crippen LogP contribution in [0.3, 0.4) is 0 Å². The molecule has 0 radical (unpaired) electrons. The highest BCUT2D eigenvalue weighted by Gasteiger charge is 2.45. The molecule has 0 aliphatic carbocycles. The summed E-state index contributed by atoms with van der Waals surface area (Å²) >= 11 is 3.97. The Balaban J connectivity index is 3.13. The highest BCUT2D eigenvalue weighted by molar-refractivity contribution is 7.84. The van der Waals surface area contributed by atoms with Gasteiger partial charge in [-0.05, 0) is 5.41 Å². The van der Waals surface area contributed by atoms with E-state index < -0.39 is 23.6 Å². The molecule has 132 valence electrons. The number of nitrogens with two attached hydrogens (primary N) is 2. The normalized spacial score (nSPS) is 23.6. The molecule has 6 N–H and O–H groups in total. The molecule has 2 amide bonds. The molecule has 0 bridgehead atoms. The zero-order chi connectivity index (χ0) is 17.9. The van der Waals surface area contributed by atoms with Gasteiger partial charge in [-0.3, -0.25) is 9.59 Å². The van der Waals surface area contributed by atoms with Crippen LogP contribution in [0.5, 0.6) is 0 Å². The summed E-state index contributed by atoms with van der Waals surface area (Å²) in [5.74, 6) is 5.33. The summed E-state index contributed by atoms with van der Waals surface area (Å²) < 4.78 is 0. The van der Waals surface area contributed by atoms with E-state index in [1.54, 1.807) is 0 Å². The first-order valence-electron chi connectivity index (χ1n) is 7.38. The van der Waals surface area contributed by atoms with Gasteiger partial charge in [0.05, 0.1) is 11.1 Å². The summed E-state index contributed by atoms with van der Waals surface area (Å²) in [6, 6.07) is -1.47. The maximum absolute atomic E-state index is 13.0. The number of carbonyl (C=O) groups is 2. The second-order valence-electron chi connectivity index (χ2n) is 6.78. The summed E-state index contributed by atoms with van der Waals surface area (Å²) in [6.45, 7) is 5.68. The van der Waals surface area contributed by atoms with Gasteiger partial charge in [0.2, 0.25) is 11.8 Å². The lowest BCUT2D eigenvalue weighted by Gasteiger charge is -2.39. The highest BCUT2D eigenvalue weighted by Crippen LogP contribution is 2.28. The lowest BCUT2D eigenvalue weighted by molar-refractivity contribution is -0.145. The Bertz CT molecular complexity index is 487. The van der Waals surface area contributed by atoms with Crippen molar-refractivity contribution in [2.45, 2.75) is 45.4 Å². The molecule has 1 rings (SSSR count). The number of rotatable bonds is 4. The number of aliphatic hydroxyl groups excluding tert-OH is 1. The lowest BCUT2D eigenvalue weighted by Crippen LogP contribution is -2.58. The number of likely N-dealkylation sites (tertiary alicyclic amines) is 1. The fourth-order valence-electron chi connectivity index (χ4n) is 2.80. The van der Waals surface area contributed by atoms with Crippen molar-refractivity contribution in [3.63, 3.8) is 0 Å². The summed E-state index contributed by atoms with van der Waals surface area (Å²) in [4.78, 5) is 26.4. The predicted octanol–water partition coefficient (Wildman–Crippen LogP) is -1.03. The average molecular weight is 345 g/mol. The SMILES string of the molecule is CNC(=O)C1CC(O)CN1C(=O)C(N(N)/C=C(\N)S)C(C)(C)C. The van der Waals surface area contributed by atoms with Gasteiger partial charge in [0, 0.05) is 26.2 Å². The quantitative estimate of drug-likeness (QED) is 0.252. The van der Waals surface area contributed by atoms with Gasteiger partial charge in [0.15, 0.2) is 0 Å². The number of hydrogen-bond donors (Lipinski definition) is 5. The van der Waals surface area contributed by atoms with E-state index in [-0.39, 0.29) is 29.8 Å². The van der Waals surface area contributed by atoms with Crippen LogP contribution in [0.4, 0.5) is 0 Å². The Morgan fingerprint density at radius 3 is 2.48 bits per heavy atom. The molecule has 0 aromatic heterocycles.